The number of carbonyl (C=O) groups is 5. The van der Waals surface area contributed by atoms with E-state index in [0.29, 0.717) is 19.3 Å². The second-order valence-electron chi connectivity index (χ2n) is 11.5. The number of hydrogen-bond acceptors (Lipinski definition) is 8. The lowest BCUT2D eigenvalue weighted by molar-refractivity contribution is -0.161. The third-order valence-electron chi connectivity index (χ3n) is 7.37. The first-order chi connectivity index (χ1) is 19.2. The highest BCUT2D eigenvalue weighted by atomic mass is 16.5. The van der Waals surface area contributed by atoms with Crippen LogP contribution in [0.3, 0.4) is 0 Å². The van der Waals surface area contributed by atoms with E-state index in [-0.39, 0.29) is 29.9 Å². The number of carbonyl (C=O) groups excluding carboxylic acids is 3. The van der Waals surface area contributed by atoms with Gasteiger partial charge in [-0.1, -0.05) is 65.7 Å². The van der Waals surface area contributed by atoms with Gasteiger partial charge in [0, 0.05) is 19.3 Å². The Balaban J connectivity index is 4.78. The molecule has 0 aromatic carbocycles. The fourth-order valence-electron chi connectivity index (χ4n) is 4.78. The summed E-state index contributed by atoms with van der Waals surface area (Å²) in [4.78, 5) is 59.1. The van der Waals surface area contributed by atoms with Gasteiger partial charge in [-0.15, -0.1) is 0 Å². The van der Waals surface area contributed by atoms with Crippen LogP contribution in [-0.4, -0.2) is 74.4 Å². The zero-order valence-electron chi connectivity index (χ0n) is 25.5. The maximum Gasteiger partial charge on any atom is 0.307 e. The molecule has 1 amide bonds. The summed E-state index contributed by atoms with van der Waals surface area (Å²) in [6.07, 6.45) is 3.88. The number of rotatable bonds is 24. The highest BCUT2D eigenvalue weighted by Gasteiger charge is 2.31. The summed E-state index contributed by atoms with van der Waals surface area (Å²) in [5.74, 6) is -5.74. The van der Waals surface area contributed by atoms with E-state index in [1.54, 1.807) is 13.8 Å². The molecule has 41 heavy (non-hydrogen) atoms. The fourth-order valence-corrected chi connectivity index (χ4v) is 4.78. The van der Waals surface area contributed by atoms with Crippen molar-refractivity contribution in [3.63, 3.8) is 0 Å². The van der Waals surface area contributed by atoms with E-state index in [0.717, 1.165) is 44.9 Å². The number of nitrogens with one attached hydrogen (secondary N) is 1. The topological polar surface area (TPSA) is 188 Å². The average molecular weight is 588 g/mol. The molecule has 5 N–H and O–H groups in total. The minimum Gasteiger partial charge on any atom is -0.481 e. The molecule has 0 aliphatic heterocycles. The Kier molecular flexibility index (Phi) is 19.9. The molecule has 0 aromatic rings. The number of ketones is 1. The summed E-state index contributed by atoms with van der Waals surface area (Å²) in [6, 6.07) is -0.434. The molecule has 0 radical (unpaired) electrons. The van der Waals surface area contributed by atoms with Gasteiger partial charge in [0.2, 0.25) is 5.91 Å². The van der Waals surface area contributed by atoms with Gasteiger partial charge in [0.05, 0.1) is 37.0 Å². The second-order valence-corrected chi connectivity index (χ2v) is 11.5. The van der Waals surface area contributed by atoms with E-state index in [1.165, 1.54) is 6.92 Å². The van der Waals surface area contributed by atoms with Gasteiger partial charge in [-0.2, -0.15) is 0 Å². The Morgan fingerprint density at radius 1 is 0.805 bits per heavy atom. The van der Waals surface area contributed by atoms with Crippen molar-refractivity contribution in [2.45, 2.75) is 142 Å². The highest BCUT2D eigenvalue weighted by molar-refractivity contribution is 5.88. The number of aliphatic hydroxyl groups is 2. The number of unbranched alkanes of at least 4 members (excludes halogenated alkanes) is 4. The van der Waals surface area contributed by atoms with E-state index < -0.39 is 61.0 Å². The Hall–Kier alpha value is -2.53. The van der Waals surface area contributed by atoms with Crippen LogP contribution < -0.4 is 5.32 Å². The van der Waals surface area contributed by atoms with E-state index >= 15 is 0 Å². The first-order valence-corrected chi connectivity index (χ1v) is 15.0. The number of Topliss-reactive ketones (excluding diaryl/α,β-unsaturated/α-hetero) is 1. The van der Waals surface area contributed by atoms with Gasteiger partial charge < -0.3 is 30.5 Å². The minimum absolute atomic E-state index is 0.0559. The van der Waals surface area contributed by atoms with Crippen molar-refractivity contribution in [1.82, 2.24) is 5.32 Å². The lowest BCUT2D eigenvalue weighted by Crippen LogP contribution is -2.41. The molecular formula is C30H53NO10. The number of esters is 1. The maximum absolute atomic E-state index is 13.1. The Morgan fingerprint density at radius 2 is 1.41 bits per heavy atom. The van der Waals surface area contributed by atoms with Gasteiger partial charge in [-0.3, -0.25) is 24.0 Å². The van der Waals surface area contributed by atoms with Gasteiger partial charge in [-0.25, -0.2) is 0 Å². The van der Waals surface area contributed by atoms with Gasteiger partial charge >= 0.3 is 17.9 Å². The van der Waals surface area contributed by atoms with Crippen LogP contribution in [0.4, 0.5) is 0 Å². The second kappa shape index (κ2) is 21.2. The summed E-state index contributed by atoms with van der Waals surface area (Å²) < 4.78 is 5.47. The molecule has 0 spiro atoms. The molecule has 7 atom stereocenters. The van der Waals surface area contributed by atoms with Crippen molar-refractivity contribution in [2.24, 2.45) is 17.8 Å². The van der Waals surface area contributed by atoms with Gasteiger partial charge in [0.1, 0.15) is 0 Å². The van der Waals surface area contributed by atoms with Crippen molar-refractivity contribution in [3.8, 4) is 0 Å². The minimum atomic E-state index is -1.42. The van der Waals surface area contributed by atoms with Gasteiger partial charge in [0.25, 0.3) is 0 Å². The van der Waals surface area contributed by atoms with E-state index in [2.05, 4.69) is 5.32 Å². The standard InChI is InChI=1S/C30H53NO10/c1-6-7-13-20(3)29(38)26(41-28(37)17-23(30(39)40)16-27(35)36)15-19(2)12-10-8-9-11-14-24(33)18-25(34)21(4)31-22(5)32/h19-21,23-26,33-34H,6-18H2,1-5H3,(H,31,32)(H,35,36)(H,39,40). The highest BCUT2D eigenvalue weighted by Crippen LogP contribution is 2.23. The van der Waals surface area contributed by atoms with Crippen molar-refractivity contribution in [1.29, 1.82) is 0 Å². The number of aliphatic carboxylic acids is 2. The number of aliphatic hydroxyl groups excluding tert-OH is 2. The summed E-state index contributed by atoms with van der Waals surface area (Å²) in [5, 5.41) is 41.1. The van der Waals surface area contributed by atoms with Crippen LogP contribution in [0, 0.1) is 17.8 Å². The third-order valence-corrected chi connectivity index (χ3v) is 7.37. The van der Waals surface area contributed by atoms with Crippen LogP contribution in [0.2, 0.25) is 0 Å². The molecule has 7 unspecified atom stereocenters. The molecule has 0 heterocycles. The van der Waals surface area contributed by atoms with Crippen LogP contribution in [0.5, 0.6) is 0 Å². The van der Waals surface area contributed by atoms with Gasteiger partial charge in [-0.05, 0) is 32.1 Å². The third kappa shape index (κ3) is 18.5. The van der Waals surface area contributed by atoms with Crippen LogP contribution in [0.1, 0.15) is 118 Å². The lowest BCUT2D eigenvalue weighted by atomic mass is 9.89. The fraction of sp³-hybridized carbons (Fsp3) is 0.833. The monoisotopic (exact) mass is 587 g/mol. The predicted molar refractivity (Wildman–Crippen MR) is 153 cm³/mol. The predicted octanol–water partition coefficient (Wildman–Crippen LogP) is 3.86. The van der Waals surface area contributed by atoms with Crippen LogP contribution >= 0.6 is 0 Å². The number of hydrogen-bond donors (Lipinski definition) is 5. The molecule has 0 bridgehead atoms. The van der Waals surface area contributed by atoms with Crippen molar-refractivity contribution >= 4 is 29.6 Å². The number of amides is 1. The molecule has 11 nitrogen and oxygen atoms in total. The zero-order valence-corrected chi connectivity index (χ0v) is 25.5. The molecule has 0 aliphatic carbocycles. The van der Waals surface area contributed by atoms with E-state index in [1.807, 2.05) is 13.8 Å². The Bertz CT molecular complexity index is 817. The quantitative estimate of drug-likeness (QED) is 0.0819. The Labute approximate surface area is 244 Å². The molecule has 0 fully saturated rings. The summed E-state index contributed by atoms with van der Waals surface area (Å²) >= 11 is 0. The van der Waals surface area contributed by atoms with Crippen molar-refractivity contribution in [2.75, 3.05) is 0 Å². The molecule has 0 aliphatic rings. The molecule has 0 aromatic heterocycles. The zero-order chi connectivity index (χ0) is 31.5. The van der Waals surface area contributed by atoms with Crippen molar-refractivity contribution in [3.05, 3.63) is 0 Å². The number of ether oxygens (including phenoxy) is 1. The molecule has 238 valence electrons. The van der Waals surface area contributed by atoms with E-state index in [9.17, 15) is 39.3 Å². The van der Waals surface area contributed by atoms with Crippen molar-refractivity contribution < 1.29 is 49.1 Å². The van der Waals surface area contributed by atoms with Crippen LogP contribution in [0.25, 0.3) is 0 Å². The molecule has 0 saturated heterocycles. The average Bonchev–Trinajstić information content (AvgIpc) is 2.87. The molecular weight excluding hydrogens is 534 g/mol. The SMILES string of the molecule is CCCCC(C)C(=O)C(CC(C)CCCCCCC(O)CC(O)C(C)NC(C)=O)OC(=O)CC(CC(=O)O)C(=O)O. The first kappa shape index (κ1) is 38.5. The first-order valence-electron chi connectivity index (χ1n) is 15.0. The largest absolute Gasteiger partial charge is 0.481 e. The van der Waals surface area contributed by atoms with Crippen LogP contribution in [-0.2, 0) is 28.7 Å². The summed E-state index contributed by atoms with van der Waals surface area (Å²) in [6.45, 7) is 8.85. The molecule has 11 heteroatoms. The Morgan fingerprint density at radius 3 is 1.95 bits per heavy atom. The van der Waals surface area contributed by atoms with E-state index in [4.69, 9.17) is 9.84 Å². The van der Waals surface area contributed by atoms with Crippen LogP contribution in [0.15, 0.2) is 0 Å². The number of carboxylic acids is 2. The summed E-state index contributed by atoms with van der Waals surface area (Å²) in [5.41, 5.74) is 0. The number of carboxylic acid groups (broad SMARTS) is 2. The lowest BCUT2D eigenvalue weighted by Gasteiger charge is -2.24. The smallest absolute Gasteiger partial charge is 0.307 e. The van der Waals surface area contributed by atoms with Gasteiger partial charge in [0.15, 0.2) is 11.9 Å². The molecule has 0 rings (SSSR count). The normalized spacial score (nSPS) is 16.5. The summed E-state index contributed by atoms with van der Waals surface area (Å²) in [7, 11) is 0. The maximum atomic E-state index is 13.1. The molecule has 0 saturated carbocycles.